The van der Waals surface area contributed by atoms with E-state index in [1.165, 1.54) is 11.1 Å². The fourth-order valence-electron chi connectivity index (χ4n) is 1.88. The van der Waals surface area contributed by atoms with Gasteiger partial charge in [-0.25, -0.2) is 9.78 Å². The van der Waals surface area contributed by atoms with Crippen LogP contribution in [0.1, 0.15) is 33.3 Å². The number of benzene rings is 1. The number of oxazole rings is 1. The van der Waals surface area contributed by atoms with Crippen molar-refractivity contribution in [3.8, 4) is 0 Å². The van der Waals surface area contributed by atoms with Crippen LogP contribution in [0.2, 0.25) is 0 Å². The first-order valence-corrected chi connectivity index (χ1v) is 5.81. The van der Waals surface area contributed by atoms with Gasteiger partial charge in [0, 0.05) is 6.42 Å². The summed E-state index contributed by atoms with van der Waals surface area (Å²) in [6, 6.07) is 8.20. The molecule has 0 saturated heterocycles. The summed E-state index contributed by atoms with van der Waals surface area (Å²) in [6.45, 7) is 3.66. The normalized spacial score (nSPS) is 10.6. The number of carboxylic acids is 1. The lowest BCUT2D eigenvalue weighted by molar-refractivity contribution is 0.0689. The predicted octanol–water partition coefficient (Wildman–Crippen LogP) is 2.77. The summed E-state index contributed by atoms with van der Waals surface area (Å²) in [4.78, 5) is 14.8. The molecule has 4 nitrogen and oxygen atoms in total. The van der Waals surface area contributed by atoms with Gasteiger partial charge < -0.3 is 9.52 Å². The molecule has 18 heavy (non-hydrogen) atoms. The number of carbonyl (C=O) groups is 1. The van der Waals surface area contributed by atoms with Crippen molar-refractivity contribution in [1.29, 1.82) is 0 Å². The van der Waals surface area contributed by atoms with Gasteiger partial charge in [0.2, 0.25) is 0 Å². The van der Waals surface area contributed by atoms with Gasteiger partial charge in [0.05, 0.1) is 0 Å². The molecule has 4 heteroatoms. The summed E-state index contributed by atoms with van der Waals surface area (Å²) in [5, 5.41) is 8.88. The predicted molar refractivity (Wildman–Crippen MR) is 66.8 cm³/mol. The summed E-state index contributed by atoms with van der Waals surface area (Å²) < 4.78 is 5.34. The highest BCUT2D eigenvalue weighted by molar-refractivity contribution is 5.86. The molecule has 1 aromatic heterocycles. The van der Waals surface area contributed by atoms with Gasteiger partial charge in [0.1, 0.15) is 5.76 Å². The quantitative estimate of drug-likeness (QED) is 0.899. The Bertz CT molecular complexity index is 572. The Labute approximate surface area is 105 Å². The number of aryl methyl sites for hydroxylation is 4. The number of rotatable bonds is 4. The Hall–Kier alpha value is -2.10. The molecular formula is C14H15NO3. The molecule has 2 aromatic rings. The van der Waals surface area contributed by atoms with E-state index in [1.807, 2.05) is 25.1 Å². The van der Waals surface area contributed by atoms with Crippen molar-refractivity contribution >= 4 is 5.97 Å². The average molecular weight is 245 g/mol. The molecule has 0 bridgehead atoms. The van der Waals surface area contributed by atoms with E-state index in [1.54, 1.807) is 6.92 Å². The van der Waals surface area contributed by atoms with E-state index in [0.29, 0.717) is 18.1 Å². The molecule has 0 unspecified atom stereocenters. The zero-order chi connectivity index (χ0) is 13.1. The molecule has 1 N–H and O–H groups in total. The fraction of sp³-hybridized carbons (Fsp3) is 0.286. The Morgan fingerprint density at radius 2 is 2.11 bits per heavy atom. The molecule has 0 amide bonds. The van der Waals surface area contributed by atoms with Crippen LogP contribution in [0.15, 0.2) is 28.7 Å². The van der Waals surface area contributed by atoms with E-state index >= 15 is 0 Å². The second-order valence-electron chi connectivity index (χ2n) is 4.31. The van der Waals surface area contributed by atoms with E-state index < -0.39 is 5.97 Å². The van der Waals surface area contributed by atoms with E-state index in [4.69, 9.17) is 9.52 Å². The summed E-state index contributed by atoms with van der Waals surface area (Å²) in [7, 11) is 0. The lowest BCUT2D eigenvalue weighted by Gasteiger charge is -1.99. The second-order valence-corrected chi connectivity index (χ2v) is 4.31. The standard InChI is InChI=1S/C14H15NO3/c1-9-4-3-5-11(8-9)6-7-12-15-13(14(16)17)10(2)18-12/h3-5,8H,6-7H2,1-2H3,(H,16,17). The maximum Gasteiger partial charge on any atom is 0.358 e. The molecule has 0 saturated carbocycles. The minimum absolute atomic E-state index is 0.00856. The van der Waals surface area contributed by atoms with E-state index in [-0.39, 0.29) is 5.69 Å². The Kier molecular flexibility index (Phi) is 3.46. The maximum absolute atomic E-state index is 10.8. The van der Waals surface area contributed by atoms with Crippen LogP contribution >= 0.6 is 0 Å². The molecule has 0 spiro atoms. The van der Waals surface area contributed by atoms with Gasteiger partial charge in [-0.2, -0.15) is 0 Å². The SMILES string of the molecule is Cc1cccc(CCc2nc(C(=O)O)c(C)o2)c1. The first-order valence-electron chi connectivity index (χ1n) is 5.81. The van der Waals surface area contributed by atoms with E-state index in [9.17, 15) is 4.79 Å². The molecule has 0 aliphatic carbocycles. The highest BCUT2D eigenvalue weighted by atomic mass is 16.4. The van der Waals surface area contributed by atoms with Crippen molar-refractivity contribution in [1.82, 2.24) is 4.98 Å². The summed E-state index contributed by atoms with van der Waals surface area (Å²) in [5.41, 5.74) is 2.42. The fourth-order valence-corrected chi connectivity index (χ4v) is 1.88. The zero-order valence-corrected chi connectivity index (χ0v) is 10.4. The van der Waals surface area contributed by atoms with Crippen molar-refractivity contribution in [2.75, 3.05) is 0 Å². The molecule has 0 radical (unpaired) electrons. The van der Waals surface area contributed by atoms with Gasteiger partial charge in [-0.05, 0) is 25.8 Å². The van der Waals surface area contributed by atoms with Crippen LogP contribution in [0.5, 0.6) is 0 Å². The van der Waals surface area contributed by atoms with E-state index in [0.717, 1.165) is 6.42 Å². The number of carboxylic acid groups (broad SMARTS) is 1. The maximum atomic E-state index is 10.8. The summed E-state index contributed by atoms with van der Waals surface area (Å²) in [5.74, 6) is -0.203. The highest BCUT2D eigenvalue weighted by Crippen LogP contribution is 2.13. The monoisotopic (exact) mass is 245 g/mol. The van der Waals surface area contributed by atoms with Crippen LogP contribution in [0.25, 0.3) is 0 Å². The molecule has 94 valence electrons. The van der Waals surface area contributed by atoms with Gasteiger partial charge in [0.15, 0.2) is 11.6 Å². The van der Waals surface area contributed by atoms with Crippen LogP contribution in [0.4, 0.5) is 0 Å². The topological polar surface area (TPSA) is 63.3 Å². The summed E-state index contributed by atoms with van der Waals surface area (Å²) in [6.07, 6.45) is 1.40. The Morgan fingerprint density at radius 3 is 2.72 bits per heavy atom. The number of hydrogen-bond donors (Lipinski definition) is 1. The van der Waals surface area contributed by atoms with Crippen LogP contribution in [-0.4, -0.2) is 16.1 Å². The molecule has 0 aliphatic heterocycles. The molecule has 0 fully saturated rings. The molecule has 2 rings (SSSR count). The smallest absolute Gasteiger partial charge is 0.358 e. The largest absolute Gasteiger partial charge is 0.476 e. The number of nitrogens with zero attached hydrogens (tertiary/aromatic N) is 1. The van der Waals surface area contributed by atoms with Crippen LogP contribution in [-0.2, 0) is 12.8 Å². The first-order chi connectivity index (χ1) is 8.56. The molecule has 0 atom stereocenters. The van der Waals surface area contributed by atoms with Crippen molar-refractivity contribution in [3.05, 3.63) is 52.7 Å². The number of aromatic nitrogens is 1. The molecule has 1 heterocycles. The van der Waals surface area contributed by atoms with Gasteiger partial charge in [-0.1, -0.05) is 29.8 Å². The van der Waals surface area contributed by atoms with Crippen LogP contribution in [0.3, 0.4) is 0 Å². The third-order valence-corrected chi connectivity index (χ3v) is 2.75. The van der Waals surface area contributed by atoms with Crippen LogP contribution in [0, 0.1) is 13.8 Å². The number of aromatic carboxylic acids is 1. The van der Waals surface area contributed by atoms with Crippen molar-refractivity contribution in [2.24, 2.45) is 0 Å². The lowest BCUT2D eigenvalue weighted by atomic mass is 10.1. The van der Waals surface area contributed by atoms with Crippen molar-refractivity contribution in [2.45, 2.75) is 26.7 Å². The van der Waals surface area contributed by atoms with Gasteiger partial charge in [-0.3, -0.25) is 0 Å². The van der Waals surface area contributed by atoms with E-state index in [2.05, 4.69) is 11.1 Å². The minimum atomic E-state index is -1.04. The molecular weight excluding hydrogens is 230 g/mol. The molecule has 1 aromatic carbocycles. The second kappa shape index (κ2) is 5.04. The minimum Gasteiger partial charge on any atom is -0.476 e. The number of hydrogen-bond acceptors (Lipinski definition) is 3. The Balaban J connectivity index is 2.06. The van der Waals surface area contributed by atoms with Crippen molar-refractivity contribution in [3.63, 3.8) is 0 Å². The zero-order valence-electron chi connectivity index (χ0n) is 10.4. The lowest BCUT2D eigenvalue weighted by Crippen LogP contribution is -1.99. The Morgan fingerprint density at radius 1 is 1.33 bits per heavy atom. The van der Waals surface area contributed by atoms with Crippen molar-refractivity contribution < 1.29 is 14.3 Å². The third-order valence-electron chi connectivity index (χ3n) is 2.75. The van der Waals surface area contributed by atoms with Gasteiger partial charge in [0.25, 0.3) is 0 Å². The average Bonchev–Trinajstić information content (AvgIpc) is 2.68. The molecule has 0 aliphatic rings. The van der Waals surface area contributed by atoms with Gasteiger partial charge >= 0.3 is 5.97 Å². The van der Waals surface area contributed by atoms with Gasteiger partial charge in [-0.15, -0.1) is 0 Å². The third kappa shape index (κ3) is 2.77. The first kappa shape index (κ1) is 12.4. The highest BCUT2D eigenvalue weighted by Gasteiger charge is 2.15. The van der Waals surface area contributed by atoms with Crippen LogP contribution < -0.4 is 0 Å². The summed E-state index contributed by atoms with van der Waals surface area (Å²) >= 11 is 0.